The fraction of sp³-hybridized carbons (Fsp3) is 0.240. The van der Waals surface area contributed by atoms with Crippen LogP contribution >= 0.6 is 11.3 Å². The largest absolute Gasteiger partial charge is 0.456 e. The maximum absolute atomic E-state index is 12.7. The first-order chi connectivity index (χ1) is 16.4. The van der Waals surface area contributed by atoms with Crippen molar-refractivity contribution < 1.29 is 14.3 Å². The minimum absolute atomic E-state index is 0.171. The molecule has 4 aromatic rings. The molecule has 0 unspecified atom stereocenters. The SMILES string of the molecule is CC(C)c1nn2c(=O)cc(COC(=O)c3ccccc3NC(=O)CCc3ccccc3)nc2s1. The molecule has 9 heteroatoms. The third-order valence-corrected chi connectivity index (χ3v) is 6.27. The van der Waals surface area contributed by atoms with Crippen molar-refractivity contribution >= 4 is 33.9 Å². The van der Waals surface area contributed by atoms with E-state index in [0.717, 1.165) is 10.6 Å². The van der Waals surface area contributed by atoms with Crippen LogP contribution in [0.15, 0.2) is 65.5 Å². The normalized spacial score (nSPS) is 11.0. The summed E-state index contributed by atoms with van der Waals surface area (Å²) in [5.41, 5.74) is 1.67. The number of anilines is 1. The monoisotopic (exact) mass is 476 g/mol. The van der Waals surface area contributed by atoms with E-state index in [2.05, 4.69) is 15.4 Å². The molecule has 8 nitrogen and oxygen atoms in total. The van der Waals surface area contributed by atoms with E-state index in [4.69, 9.17) is 4.74 Å². The Morgan fingerprint density at radius 2 is 1.82 bits per heavy atom. The Morgan fingerprint density at radius 3 is 2.59 bits per heavy atom. The van der Waals surface area contributed by atoms with Gasteiger partial charge in [-0.05, 0) is 24.1 Å². The predicted molar refractivity (Wildman–Crippen MR) is 130 cm³/mol. The summed E-state index contributed by atoms with van der Waals surface area (Å²) in [7, 11) is 0. The lowest BCUT2D eigenvalue weighted by atomic mass is 10.1. The van der Waals surface area contributed by atoms with Crippen molar-refractivity contribution in [2.45, 2.75) is 39.2 Å². The number of aromatic nitrogens is 3. The van der Waals surface area contributed by atoms with E-state index in [1.165, 1.54) is 21.9 Å². The number of carbonyl (C=O) groups is 2. The molecular formula is C25H24N4O4S. The summed E-state index contributed by atoms with van der Waals surface area (Å²) in [6.45, 7) is 3.81. The number of carbonyl (C=O) groups excluding carboxylic acids is 2. The minimum atomic E-state index is -0.617. The molecule has 4 rings (SSSR count). The van der Waals surface area contributed by atoms with E-state index in [9.17, 15) is 14.4 Å². The predicted octanol–water partition coefficient (Wildman–Crippen LogP) is 4.20. The van der Waals surface area contributed by atoms with Crippen LogP contribution in [0.3, 0.4) is 0 Å². The van der Waals surface area contributed by atoms with Crippen LogP contribution in [-0.4, -0.2) is 26.5 Å². The summed E-state index contributed by atoms with van der Waals surface area (Å²) < 4.78 is 6.66. The second-order valence-corrected chi connectivity index (χ2v) is 9.02. The highest BCUT2D eigenvalue weighted by atomic mass is 32.1. The number of ether oxygens (including phenoxy) is 1. The van der Waals surface area contributed by atoms with Crippen molar-refractivity contribution in [2.24, 2.45) is 0 Å². The van der Waals surface area contributed by atoms with Gasteiger partial charge in [-0.1, -0.05) is 67.6 Å². The Morgan fingerprint density at radius 1 is 1.09 bits per heavy atom. The highest BCUT2D eigenvalue weighted by Gasteiger charge is 2.16. The number of hydrogen-bond donors (Lipinski definition) is 1. The zero-order chi connectivity index (χ0) is 24.1. The molecule has 0 saturated heterocycles. The van der Waals surface area contributed by atoms with Crippen LogP contribution in [0.4, 0.5) is 5.69 Å². The van der Waals surface area contributed by atoms with E-state index in [-0.39, 0.29) is 36.0 Å². The number of amides is 1. The molecule has 0 atom stereocenters. The lowest BCUT2D eigenvalue weighted by Crippen LogP contribution is -2.18. The average molecular weight is 477 g/mol. The smallest absolute Gasteiger partial charge is 0.340 e. The van der Waals surface area contributed by atoms with Gasteiger partial charge in [0.2, 0.25) is 10.9 Å². The average Bonchev–Trinajstić information content (AvgIpc) is 3.28. The van der Waals surface area contributed by atoms with Gasteiger partial charge in [-0.3, -0.25) is 9.59 Å². The van der Waals surface area contributed by atoms with Gasteiger partial charge < -0.3 is 10.1 Å². The molecule has 0 spiro atoms. The second kappa shape index (κ2) is 10.4. The van der Waals surface area contributed by atoms with Crippen LogP contribution in [0, 0.1) is 0 Å². The third kappa shape index (κ3) is 5.55. The Bertz CT molecular complexity index is 1380. The van der Waals surface area contributed by atoms with Crippen molar-refractivity contribution in [3.8, 4) is 0 Å². The first-order valence-electron chi connectivity index (χ1n) is 10.9. The van der Waals surface area contributed by atoms with Crippen LogP contribution in [0.25, 0.3) is 4.96 Å². The van der Waals surface area contributed by atoms with Gasteiger partial charge in [0.15, 0.2) is 0 Å². The van der Waals surface area contributed by atoms with Gasteiger partial charge in [0.1, 0.15) is 11.6 Å². The van der Waals surface area contributed by atoms with Crippen molar-refractivity contribution in [1.82, 2.24) is 14.6 Å². The van der Waals surface area contributed by atoms with Crippen LogP contribution in [-0.2, 0) is 22.6 Å². The first kappa shape index (κ1) is 23.3. The molecule has 0 aliphatic heterocycles. The summed E-state index contributed by atoms with van der Waals surface area (Å²) in [4.78, 5) is 42.4. The van der Waals surface area contributed by atoms with Crippen molar-refractivity contribution in [1.29, 1.82) is 0 Å². The topological polar surface area (TPSA) is 103 Å². The zero-order valence-electron chi connectivity index (χ0n) is 18.9. The highest BCUT2D eigenvalue weighted by Crippen LogP contribution is 2.21. The fourth-order valence-electron chi connectivity index (χ4n) is 3.28. The number of rotatable bonds is 8. The van der Waals surface area contributed by atoms with Gasteiger partial charge in [-0.25, -0.2) is 9.78 Å². The quantitative estimate of drug-likeness (QED) is 0.382. The molecule has 2 aromatic heterocycles. The summed E-state index contributed by atoms with van der Waals surface area (Å²) in [6, 6.07) is 17.7. The number of para-hydroxylation sites is 1. The van der Waals surface area contributed by atoms with E-state index < -0.39 is 5.97 Å². The minimum Gasteiger partial charge on any atom is -0.456 e. The molecule has 0 bridgehead atoms. The number of fused-ring (bicyclic) bond motifs is 1. The Balaban J connectivity index is 1.42. The molecule has 0 fully saturated rings. The maximum Gasteiger partial charge on any atom is 0.340 e. The lowest BCUT2D eigenvalue weighted by molar-refractivity contribution is -0.116. The van der Waals surface area contributed by atoms with Gasteiger partial charge in [-0.15, -0.1) is 0 Å². The molecule has 0 aliphatic carbocycles. The van der Waals surface area contributed by atoms with Crippen LogP contribution in [0.1, 0.15) is 52.8 Å². The molecule has 34 heavy (non-hydrogen) atoms. The number of nitrogens with one attached hydrogen (secondary N) is 1. The summed E-state index contributed by atoms with van der Waals surface area (Å²) in [5.74, 6) is -0.643. The fourth-order valence-corrected chi connectivity index (χ4v) is 4.21. The Hall–Kier alpha value is -3.85. The summed E-state index contributed by atoms with van der Waals surface area (Å²) in [6.07, 6.45) is 0.883. The van der Waals surface area contributed by atoms with Gasteiger partial charge in [0.05, 0.1) is 16.9 Å². The molecule has 174 valence electrons. The molecule has 0 aliphatic rings. The van der Waals surface area contributed by atoms with Gasteiger partial charge in [-0.2, -0.15) is 9.61 Å². The number of benzene rings is 2. The first-order valence-corrected chi connectivity index (χ1v) is 11.7. The van der Waals surface area contributed by atoms with Crippen molar-refractivity contribution in [3.63, 3.8) is 0 Å². The second-order valence-electron chi connectivity index (χ2n) is 8.03. The Kier molecular flexibility index (Phi) is 7.12. The van der Waals surface area contributed by atoms with Crippen LogP contribution in [0.2, 0.25) is 0 Å². The molecule has 0 saturated carbocycles. The van der Waals surface area contributed by atoms with Crippen LogP contribution < -0.4 is 10.9 Å². The molecule has 1 N–H and O–H groups in total. The van der Waals surface area contributed by atoms with Crippen LogP contribution in [0.5, 0.6) is 0 Å². The third-order valence-electron chi connectivity index (χ3n) is 5.06. The van der Waals surface area contributed by atoms with Gasteiger partial charge >= 0.3 is 5.97 Å². The molecule has 2 heterocycles. The maximum atomic E-state index is 12.7. The van der Waals surface area contributed by atoms with Gasteiger partial charge in [0.25, 0.3) is 5.56 Å². The molecule has 0 radical (unpaired) electrons. The number of aryl methyl sites for hydroxylation is 1. The molecule has 1 amide bonds. The summed E-state index contributed by atoms with van der Waals surface area (Å²) >= 11 is 1.33. The number of esters is 1. The van der Waals surface area contributed by atoms with E-state index in [1.807, 2.05) is 44.2 Å². The van der Waals surface area contributed by atoms with Crippen molar-refractivity contribution in [2.75, 3.05) is 5.32 Å². The number of hydrogen-bond acceptors (Lipinski definition) is 7. The zero-order valence-corrected chi connectivity index (χ0v) is 19.7. The summed E-state index contributed by atoms with van der Waals surface area (Å²) in [5, 5.41) is 7.87. The van der Waals surface area contributed by atoms with E-state index in [1.54, 1.807) is 24.3 Å². The van der Waals surface area contributed by atoms with Crippen molar-refractivity contribution in [3.05, 3.63) is 92.8 Å². The van der Waals surface area contributed by atoms with E-state index in [0.29, 0.717) is 22.8 Å². The number of nitrogens with zero attached hydrogens (tertiary/aromatic N) is 3. The molecule has 2 aromatic carbocycles. The van der Waals surface area contributed by atoms with E-state index >= 15 is 0 Å². The highest BCUT2D eigenvalue weighted by molar-refractivity contribution is 7.16. The standard InChI is InChI=1S/C25H24N4O4S/c1-16(2)23-28-29-22(31)14-18(26-25(29)34-23)15-33-24(32)19-10-6-7-11-20(19)27-21(30)13-12-17-8-4-3-5-9-17/h3-11,14,16H,12-13,15H2,1-2H3,(H,27,30). The Labute approximate surface area is 200 Å². The molecular weight excluding hydrogens is 452 g/mol. The lowest BCUT2D eigenvalue weighted by Gasteiger charge is -2.11. The van der Waals surface area contributed by atoms with Gasteiger partial charge in [0, 0.05) is 18.4 Å².